The van der Waals surface area contributed by atoms with E-state index in [-0.39, 0.29) is 10.5 Å². The van der Waals surface area contributed by atoms with Crippen LogP contribution in [-0.4, -0.2) is 19.8 Å². The Morgan fingerprint density at radius 2 is 1.71 bits per heavy atom. The minimum absolute atomic E-state index is 0.113. The fourth-order valence-electron chi connectivity index (χ4n) is 4.62. The third kappa shape index (κ3) is 2.02. The smallest absolute Gasteiger partial charge is 0.141 e. The van der Waals surface area contributed by atoms with E-state index >= 15 is 0 Å². The molecule has 2 aliphatic heterocycles. The molecule has 2 atom stereocenters. The third-order valence-corrected chi connectivity index (χ3v) is 7.86. The lowest BCUT2D eigenvalue weighted by Crippen LogP contribution is -2.47. The van der Waals surface area contributed by atoms with E-state index in [0.717, 1.165) is 46.8 Å². The van der Waals surface area contributed by atoms with Crippen molar-refractivity contribution in [1.82, 2.24) is 0 Å². The van der Waals surface area contributed by atoms with Gasteiger partial charge in [-0.15, -0.1) is 0 Å². The summed E-state index contributed by atoms with van der Waals surface area (Å²) in [6.45, 7) is 0. The van der Waals surface area contributed by atoms with Gasteiger partial charge in [-0.2, -0.15) is 0 Å². The van der Waals surface area contributed by atoms with Gasteiger partial charge in [-0.3, -0.25) is 4.21 Å². The molecule has 5 rings (SSSR count). The summed E-state index contributed by atoms with van der Waals surface area (Å²) in [6.07, 6.45) is 4.20. The normalized spacial score (nSPS) is 33.1. The van der Waals surface area contributed by atoms with Crippen LogP contribution in [0.2, 0.25) is 0 Å². The van der Waals surface area contributed by atoms with Crippen molar-refractivity contribution in [2.24, 2.45) is 0 Å². The van der Waals surface area contributed by atoms with Crippen molar-refractivity contribution >= 4 is 32.7 Å². The van der Waals surface area contributed by atoms with Crippen molar-refractivity contribution in [2.45, 2.75) is 48.2 Å². The Kier molecular flexibility index (Phi) is 3.16. The largest absolute Gasteiger partial charge is 0.456 e. The number of fused-ring (bicyclic) bond motifs is 5. The van der Waals surface area contributed by atoms with E-state index in [1.807, 2.05) is 30.3 Å². The first-order chi connectivity index (χ1) is 11.7. The Balaban J connectivity index is 1.70. The second kappa shape index (κ2) is 5.17. The van der Waals surface area contributed by atoms with Gasteiger partial charge in [0.25, 0.3) is 0 Å². The summed E-state index contributed by atoms with van der Waals surface area (Å²) in [5.74, 6) is 0. The summed E-state index contributed by atoms with van der Waals surface area (Å²) in [7, 11) is -0.795. The lowest BCUT2D eigenvalue weighted by molar-refractivity contribution is 0.00721. The SMILES string of the molecule is O=S1C2CCCC1CC(O)(c1cccc3c1oc1ccccc13)C2. The number of hydrogen-bond acceptors (Lipinski definition) is 3. The van der Waals surface area contributed by atoms with E-state index in [0.29, 0.717) is 12.8 Å². The number of benzene rings is 2. The number of hydrogen-bond donors (Lipinski definition) is 1. The van der Waals surface area contributed by atoms with Crippen LogP contribution >= 0.6 is 0 Å². The summed E-state index contributed by atoms with van der Waals surface area (Å²) in [6, 6.07) is 14.0. The molecule has 0 spiro atoms. The second-order valence-electron chi connectivity index (χ2n) is 7.22. The monoisotopic (exact) mass is 340 g/mol. The van der Waals surface area contributed by atoms with Crippen LogP contribution in [0.1, 0.15) is 37.7 Å². The Labute approximate surface area is 143 Å². The Morgan fingerprint density at radius 3 is 2.50 bits per heavy atom. The quantitative estimate of drug-likeness (QED) is 0.721. The fraction of sp³-hybridized carbons (Fsp3) is 0.400. The van der Waals surface area contributed by atoms with E-state index in [1.165, 1.54) is 0 Å². The second-order valence-corrected chi connectivity index (χ2v) is 9.21. The topological polar surface area (TPSA) is 50.4 Å². The van der Waals surface area contributed by atoms with E-state index < -0.39 is 16.4 Å². The highest BCUT2D eigenvalue weighted by molar-refractivity contribution is 7.86. The van der Waals surface area contributed by atoms with Gasteiger partial charge in [0.2, 0.25) is 0 Å². The fourth-order valence-corrected chi connectivity index (χ4v) is 6.84. The molecule has 0 aliphatic carbocycles. The molecule has 3 nitrogen and oxygen atoms in total. The van der Waals surface area contributed by atoms with Gasteiger partial charge in [0.05, 0.1) is 5.60 Å². The number of rotatable bonds is 1. The van der Waals surface area contributed by atoms with Gasteiger partial charge in [-0.25, -0.2) is 0 Å². The average Bonchev–Trinajstić information content (AvgIpc) is 2.95. The average molecular weight is 340 g/mol. The minimum Gasteiger partial charge on any atom is -0.456 e. The van der Waals surface area contributed by atoms with Gasteiger partial charge in [0, 0.05) is 37.6 Å². The summed E-state index contributed by atoms with van der Waals surface area (Å²) in [5, 5.41) is 13.9. The molecule has 2 fully saturated rings. The maximum atomic E-state index is 12.5. The standard InChI is InChI=1S/C20H20O3S/c21-20(11-13-5-3-6-14(12-20)24(13)22)17-9-4-8-16-15-7-1-2-10-18(15)23-19(16)17/h1-2,4,7-10,13-14,21H,3,5-6,11-12H2. The summed E-state index contributed by atoms with van der Waals surface area (Å²) < 4.78 is 18.6. The number of para-hydroxylation sites is 2. The minimum atomic E-state index is -0.933. The highest BCUT2D eigenvalue weighted by atomic mass is 32.2. The van der Waals surface area contributed by atoms with Crippen molar-refractivity contribution in [3.05, 3.63) is 48.0 Å². The first-order valence-electron chi connectivity index (χ1n) is 8.68. The predicted octanol–water partition coefficient (Wildman–Crippen LogP) is 4.24. The molecule has 2 bridgehead atoms. The van der Waals surface area contributed by atoms with E-state index in [2.05, 4.69) is 12.1 Å². The van der Waals surface area contributed by atoms with Gasteiger partial charge in [0.15, 0.2) is 0 Å². The maximum absolute atomic E-state index is 12.5. The first-order valence-corrected chi connectivity index (χ1v) is 9.96. The molecule has 0 saturated carbocycles. The first kappa shape index (κ1) is 14.7. The van der Waals surface area contributed by atoms with Crippen LogP contribution in [-0.2, 0) is 16.4 Å². The van der Waals surface area contributed by atoms with E-state index in [1.54, 1.807) is 0 Å². The highest BCUT2D eigenvalue weighted by Gasteiger charge is 2.47. The molecule has 1 N–H and O–H groups in total. The van der Waals surface area contributed by atoms with E-state index in [9.17, 15) is 9.32 Å². The molecule has 4 heteroatoms. The van der Waals surface area contributed by atoms with Crippen molar-refractivity contribution in [3.8, 4) is 0 Å². The molecular weight excluding hydrogens is 320 g/mol. The van der Waals surface area contributed by atoms with Crippen LogP contribution in [0.3, 0.4) is 0 Å². The van der Waals surface area contributed by atoms with Crippen molar-refractivity contribution < 1.29 is 13.7 Å². The molecule has 1 aromatic heterocycles. The van der Waals surface area contributed by atoms with Crippen molar-refractivity contribution in [1.29, 1.82) is 0 Å². The van der Waals surface area contributed by atoms with Gasteiger partial charge in [-0.05, 0) is 31.7 Å². The van der Waals surface area contributed by atoms with Crippen LogP contribution < -0.4 is 0 Å². The molecule has 2 saturated heterocycles. The molecule has 0 amide bonds. The molecule has 0 radical (unpaired) electrons. The van der Waals surface area contributed by atoms with Crippen LogP contribution in [0.25, 0.3) is 21.9 Å². The third-order valence-electron chi connectivity index (χ3n) is 5.75. The molecule has 3 aromatic rings. The predicted molar refractivity (Wildman–Crippen MR) is 96.4 cm³/mol. The van der Waals surface area contributed by atoms with Crippen LogP contribution in [0.15, 0.2) is 46.9 Å². The van der Waals surface area contributed by atoms with Gasteiger partial charge >= 0.3 is 0 Å². The maximum Gasteiger partial charge on any atom is 0.141 e. The molecule has 24 heavy (non-hydrogen) atoms. The van der Waals surface area contributed by atoms with Crippen molar-refractivity contribution in [3.63, 3.8) is 0 Å². The zero-order chi connectivity index (χ0) is 16.3. The molecule has 3 heterocycles. The van der Waals surface area contributed by atoms with Crippen LogP contribution in [0, 0.1) is 0 Å². The lowest BCUT2D eigenvalue weighted by Gasteiger charge is -2.43. The van der Waals surface area contributed by atoms with Gasteiger partial charge in [-0.1, -0.05) is 42.8 Å². The Hall–Kier alpha value is -1.65. The molecule has 2 unspecified atom stereocenters. The van der Waals surface area contributed by atoms with Crippen LogP contribution in [0.5, 0.6) is 0 Å². The van der Waals surface area contributed by atoms with Crippen LogP contribution in [0.4, 0.5) is 0 Å². The molecule has 2 aliphatic rings. The molecule has 124 valence electrons. The zero-order valence-electron chi connectivity index (χ0n) is 13.4. The Bertz CT molecular complexity index is 942. The summed E-state index contributed by atoms with van der Waals surface area (Å²) in [5.41, 5.74) is 1.57. The van der Waals surface area contributed by atoms with Gasteiger partial charge in [0.1, 0.15) is 11.2 Å². The van der Waals surface area contributed by atoms with E-state index in [4.69, 9.17) is 4.42 Å². The Morgan fingerprint density at radius 1 is 1.00 bits per heavy atom. The highest BCUT2D eigenvalue weighted by Crippen LogP contribution is 2.47. The number of furan rings is 1. The molecular formula is C20H20O3S. The zero-order valence-corrected chi connectivity index (χ0v) is 14.2. The molecule has 2 aromatic carbocycles. The lowest BCUT2D eigenvalue weighted by atomic mass is 9.80. The van der Waals surface area contributed by atoms with Crippen molar-refractivity contribution in [2.75, 3.05) is 0 Å². The summed E-state index contributed by atoms with van der Waals surface area (Å²) in [4.78, 5) is 0. The van der Waals surface area contributed by atoms with Gasteiger partial charge < -0.3 is 9.52 Å². The summed E-state index contributed by atoms with van der Waals surface area (Å²) >= 11 is 0. The number of aliphatic hydroxyl groups is 1.